The summed E-state index contributed by atoms with van der Waals surface area (Å²) in [5.74, 6) is 0.602. The summed E-state index contributed by atoms with van der Waals surface area (Å²) in [6, 6.07) is 7.25. The van der Waals surface area contributed by atoms with Crippen LogP contribution in [0.25, 0.3) is 0 Å². The predicted octanol–water partition coefficient (Wildman–Crippen LogP) is 1.91. The van der Waals surface area contributed by atoms with E-state index in [9.17, 15) is 4.79 Å². The van der Waals surface area contributed by atoms with Crippen LogP contribution in [0.3, 0.4) is 0 Å². The van der Waals surface area contributed by atoms with E-state index in [0.717, 1.165) is 12.1 Å². The predicted molar refractivity (Wildman–Crippen MR) is 68.5 cm³/mol. The van der Waals surface area contributed by atoms with E-state index in [1.165, 1.54) is 24.8 Å². The zero-order valence-electron chi connectivity index (χ0n) is 10.3. The number of amides is 1. The molecule has 3 nitrogen and oxygen atoms in total. The molecule has 92 valence electrons. The Morgan fingerprint density at radius 2 is 2.06 bits per heavy atom. The molecule has 1 aromatic carbocycles. The third-order valence-electron chi connectivity index (χ3n) is 3.51. The van der Waals surface area contributed by atoms with Gasteiger partial charge in [0, 0.05) is 6.54 Å². The van der Waals surface area contributed by atoms with E-state index < -0.39 is 6.04 Å². The Labute approximate surface area is 102 Å². The minimum absolute atomic E-state index is 0.0687. The molecular formula is C14H20N2O. The molecule has 0 saturated heterocycles. The maximum absolute atomic E-state index is 11.8. The Kier molecular flexibility index (Phi) is 3.79. The highest BCUT2D eigenvalue weighted by Crippen LogP contribution is 2.25. The van der Waals surface area contributed by atoms with E-state index in [-0.39, 0.29) is 5.91 Å². The number of benzene rings is 1. The Balaban J connectivity index is 1.87. The van der Waals surface area contributed by atoms with E-state index in [0.29, 0.717) is 5.92 Å². The first-order valence-corrected chi connectivity index (χ1v) is 6.26. The van der Waals surface area contributed by atoms with Crippen LogP contribution in [-0.2, 0) is 4.79 Å². The van der Waals surface area contributed by atoms with Crippen LogP contribution >= 0.6 is 0 Å². The molecule has 2 rings (SSSR count). The maximum atomic E-state index is 11.8. The van der Waals surface area contributed by atoms with Gasteiger partial charge >= 0.3 is 0 Å². The summed E-state index contributed by atoms with van der Waals surface area (Å²) in [4.78, 5) is 11.8. The lowest BCUT2D eigenvalue weighted by atomic mass is 9.85. The fourth-order valence-corrected chi connectivity index (χ4v) is 1.98. The zero-order valence-corrected chi connectivity index (χ0v) is 10.3. The van der Waals surface area contributed by atoms with E-state index in [4.69, 9.17) is 5.73 Å². The summed E-state index contributed by atoms with van der Waals surface area (Å²) in [6.45, 7) is 2.80. The van der Waals surface area contributed by atoms with E-state index in [1.54, 1.807) is 0 Å². The molecule has 1 atom stereocenters. The fourth-order valence-electron chi connectivity index (χ4n) is 1.98. The largest absolute Gasteiger partial charge is 0.354 e. The Morgan fingerprint density at radius 3 is 2.59 bits per heavy atom. The number of carbonyl (C=O) groups is 1. The van der Waals surface area contributed by atoms with Crippen molar-refractivity contribution in [1.29, 1.82) is 0 Å². The first kappa shape index (κ1) is 12.1. The summed E-state index contributed by atoms with van der Waals surface area (Å²) in [6.07, 6.45) is 3.77. The number of rotatable bonds is 4. The highest BCUT2D eigenvalue weighted by molar-refractivity contribution is 5.82. The normalized spacial score (nSPS) is 17.3. The molecule has 0 heterocycles. The molecule has 1 aliphatic carbocycles. The van der Waals surface area contributed by atoms with Crippen molar-refractivity contribution >= 4 is 5.91 Å². The monoisotopic (exact) mass is 232 g/mol. The molecular weight excluding hydrogens is 212 g/mol. The number of aryl methyl sites for hydroxylation is 1. The van der Waals surface area contributed by atoms with Gasteiger partial charge in [-0.05, 0) is 31.2 Å². The van der Waals surface area contributed by atoms with Gasteiger partial charge in [-0.25, -0.2) is 0 Å². The van der Waals surface area contributed by atoms with Crippen LogP contribution in [0.1, 0.15) is 36.4 Å². The smallest absolute Gasteiger partial charge is 0.241 e. The lowest BCUT2D eigenvalue weighted by Crippen LogP contribution is -2.38. The standard InChI is InChI=1S/C14H20N2O/c1-10-5-7-12(8-6-10)13(15)14(17)16-9-11-3-2-4-11/h5-8,11,13H,2-4,9,15H2,1H3,(H,16,17). The van der Waals surface area contributed by atoms with Crippen molar-refractivity contribution in [2.75, 3.05) is 6.54 Å². The first-order chi connectivity index (χ1) is 8.16. The molecule has 0 bridgehead atoms. The van der Waals surface area contributed by atoms with Crippen LogP contribution in [0.2, 0.25) is 0 Å². The van der Waals surface area contributed by atoms with Crippen LogP contribution in [-0.4, -0.2) is 12.5 Å². The van der Waals surface area contributed by atoms with Crippen molar-refractivity contribution in [2.45, 2.75) is 32.2 Å². The van der Waals surface area contributed by atoms with Gasteiger partial charge < -0.3 is 11.1 Å². The number of hydrogen-bond acceptors (Lipinski definition) is 2. The molecule has 0 radical (unpaired) electrons. The molecule has 3 heteroatoms. The zero-order chi connectivity index (χ0) is 12.3. The lowest BCUT2D eigenvalue weighted by Gasteiger charge is -2.26. The van der Waals surface area contributed by atoms with Crippen LogP contribution in [0.4, 0.5) is 0 Å². The van der Waals surface area contributed by atoms with E-state index >= 15 is 0 Å². The molecule has 1 aliphatic rings. The summed E-state index contributed by atoms with van der Waals surface area (Å²) in [5, 5.41) is 2.93. The van der Waals surface area contributed by atoms with Crippen LogP contribution < -0.4 is 11.1 Å². The van der Waals surface area contributed by atoms with Crippen LogP contribution in [0, 0.1) is 12.8 Å². The molecule has 0 aromatic heterocycles. The lowest BCUT2D eigenvalue weighted by molar-refractivity contribution is -0.122. The number of nitrogens with two attached hydrogens (primary N) is 1. The molecule has 0 aliphatic heterocycles. The highest BCUT2D eigenvalue weighted by atomic mass is 16.2. The Morgan fingerprint density at radius 1 is 1.41 bits per heavy atom. The van der Waals surface area contributed by atoms with Gasteiger partial charge in [-0.1, -0.05) is 36.2 Å². The SMILES string of the molecule is Cc1ccc(C(N)C(=O)NCC2CCC2)cc1. The average Bonchev–Trinajstić information content (AvgIpc) is 2.27. The Hall–Kier alpha value is -1.35. The van der Waals surface area contributed by atoms with Crippen molar-refractivity contribution < 1.29 is 4.79 Å². The van der Waals surface area contributed by atoms with Gasteiger partial charge in [0.2, 0.25) is 5.91 Å². The van der Waals surface area contributed by atoms with Gasteiger partial charge in [0.1, 0.15) is 6.04 Å². The number of hydrogen-bond donors (Lipinski definition) is 2. The average molecular weight is 232 g/mol. The summed E-state index contributed by atoms with van der Waals surface area (Å²) >= 11 is 0. The van der Waals surface area contributed by atoms with Crippen molar-refractivity contribution in [3.05, 3.63) is 35.4 Å². The van der Waals surface area contributed by atoms with Gasteiger partial charge in [-0.15, -0.1) is 0 Å². The third kappa shape index (κ3) is 3.07. The Bertz CT molecular complexity index is 382. The fraction of sp³-hybridized carbons (Fsp3) is 0.500. The summed E-state index contributed by atoms with van der Waals surface area (Å²) in [5.41, 5.74) is 7.98. The highest BCUT2D eigenvalue weighted by Gasteiger charge is 2.20. The molecule has 0 spiro atoms. The van der Waals surface area contributed by atoms with Gasteiger partial charge in [0.15, 0.2) is 0 Å². The number of nitrogens with one attached hydrogen (secondary N) is 1. The molecule has 17 heavy (non-hydrogen) atoms. The summed E-state index contributed by atoms with van der Waals surface area (Å²) < 4.78 is 0. The maximum Gasteiger partial charge on any atom is 0.241 e. The minimum Gasteiger partial charge on any atom is -0.354 e. The molecule has 1 unspecified atom stereocenters. The van der Waals surface area contributed by atoms with Crippen molar-refractivity contribution in [2.24, 2.45) is 11.7 Å². The second-order valence-electron chi connectivity index (χ2n) is 4.93. The van der Waals surface area contributed by atoms with Crippen LogP contribution in [0.15, 0.2) is 24.3 Å². The van der Waals surface area contributed by atoms with Gasteiger partial charge in [0.25, 0.3) is 0 Å². The number of carbonyl (C=O) groups excluding carboxylic acids is 1. The summed E-state index contributed by atoms with van der Waals surface area (Å²) in [7, 11) is 0. The van der Waals surface area contributed by atoms with Gasteiger partial charge in [-0.3, -0.25) is 4.79 Å². The second kappa shape index (κ2) is 5.32. The molecule has 3 N–H and O–H groups in total. The third-order valence-corrected chi connectivity index (χ3v) is 3.51. The molecule has 1 saturated carbocycles. The second-order valence-corrected chi connectivity index (χ2v) is 4.93. The topological polar surface area (TPSA) is 55.1 Å². The minimum atomic E-state index is -0.546. The van der Waals surface area contributed by atoms with E-state index in [2.05, 4.69) is 5.32 Å². The molecule has 1 fully saturated rings. The van der Waals surface area contributed by atoms with Gasteiger partial charge in [0.05, 0.1) is 0 Å². The quantitative estimate of drug-likeness (QED) is 0.833. The van der Waals surface area contributed by atoms with Crippen molar-refractivity contribution in [3.63, 3.8) is 0 Å². The molecule has 1 amide bonds. The first-order valence-electron chi connectivity index (χ1n) is 6.26. The van der Waals surface area contributed by atoms with Crippen LogP contribution in [0.5, 0.6) is 0 Å². The van der Waals surface area contributed by atoms with Crippen molar-refractivity contribution in [3.8, 4) is 0 Å². The van der Waals surface area contributed by atoms with Gasteiger partial charge in [-0.2, -0.15) is 0 Å². The molecule has 1 aromatic rings. The van der Waals surface area contributed by atoms with Crippen molar-refractivity contribution in [1.82, 2.24) is 5.32 Å². The van der Waals surface area contributed by atoms with E-state index in [1.807, 2.05) is 31.2 Å².